The summed E-state index contributed by atoms with van der Waals surface area (Å²) < 4.78 is 16.7. The molecule has 8 heteroatoms. The average Bonchev–Trinajstić information content (AvgIpc) is 3.33. The molecular weight excluding hydrogens is 392 g/mol. The van der Waals surface area contributed by atoms with Gasteiger partial charge in [0, 0.05) is 14.1 Å². The first kappa shape index (κ1) is 20.6. The van der Waals surface area contributed by atoms with Crippen molar-refractivity contribution in [3.05, 3.63) is 51.8 Å². The third kappa shape index (κ3) is 4.83. The molecule has 1 aliphatic heterocycles. The van der Waals surface area contributed by atoms with Gasteiger partial charge in [0.05, 0.1) is 11.5 Å². The third-order valence-corrected chi connectivity index (χ3v) is 4.87. The van der Waals surface area contributed by atoms with Crippen molar-refractivity contribution in [1.29, 1.82) is 0 Å². The normalized spacial score (nSPS) is 15.7. The van der Waals surface area contributed by atoms with Crippen LogP contribution in [-0.2, 0) is 14.3 Å². The lowest BCUT2D eigenvalue weighted by molar-refractivity contribution is -0.135. The number of rotatable bonds is 7. The highest BCUT2D eigenvalue weighted by molar-refractivity contribution is 7.12. The number of thiophene rings is 1. The molecule has 0 spiro atoms. The van der Waals surface area contributed by atoms with Gasteiger partial charge in [0.2, 0.25) is 5.90 Å². The molecule has 0 N–H and O–H groups in total. The topological polar surface area (TPSA) is 77.4 Å². The number of likely N-dealkylation sites (N-methyl/N-ethyl adjacent to an activating group) is 1. The number of nitrogens with zero attached hydrogens (tertiary/aromatic N) is 2. The standard InChI is InChI=1S/C21H22N2O5S/c1-5-26-17-12-14(8-9-16(17)27-13(2)20(24)23(3)4)11-15-21(25)28-19(22-15)18-7-6-10-29-18/h6-13H,5H2,1-4H3/b15-11-/t13-/m1/s1. The van der Waals surface area contributed by atoms with Crippen molar-refractivity contribution in [2.45, 2.75) is 20.0 Å². The number of carbonyl (C=O) groups excluding carboxylic acids is 2. The minimum absolute atomic E-state index is 0.150. The Balaban J connectivity index is 1.85. The van der Waals surface area contributed by atoms with Gasteiger partial charge in [0.1, 0.15) is 0 Å². The van der Waals surface area contributed by atoms with E-state index in [9.17, 15) is 9.59 Å². The minimum Gasteiger partial charge on any atom is -0.490 e. The molecule has 2 heterocycles. The van der Waals surface area contributed by atoms with Crippen LogP contribution in [0.15, 0.2) is 46.4 Å². The highest BCUT2D eigenvalue weighted by Crippen LogP contribution is 2.31. The second kappa shape index (κ2) is 8.91. The van der Waals surface area contributed by atoms with E-state index in [1.165, 1.54) is 16.2 Å². The number of benzene rings is 1. The van der Waals surface area contributed by atoms with Crippen LogP contribution in [0.3, 0.4) is 0 Å². The predicted octanol–water partition coefficient (Wildman–Crippen LogP) is 3.35. The molecule has 0 aliphatic carbocycles. The molecule has 0 radical (unpaired) electrons. The third-order valence-electron chi connectivity index (χ3n) is 4.02. The van der Waals surface area contributed by atoms with Crippen molar-refractivity contribution < 1.29 is 23.8 Å². The highest BCUT2D eigenvalue weighted by atomic mass is 32.1. The van der Waals surface area contributed by atoms with Gasteiger partial charge in [0.25, 0.3) is 5.91 Å². The van der Waals surface area contributed by atoms with Crippen LogP contribution < -0.4 is 9.47 Å². The summed E-state index contributed by atoms with van der Waals surface area (Å²) in [6.45, 7) is 3.97. The van der Waals surface area contributed by atoms with E-state index >= 15 is 0 Å². The van der Waals surface area contributed by atoms with E-state index in [-0.39, 0.29) is 11.6 Å². The van der Waals surface area contributed by atoms with Gasteiger partial charge in [0.15, 0.2) is 23.3 Å². The number of hydrogen-bond donors (Lipinski definition) is 0. The lowest BCUT2D eigenvalue weighted by atomic mass is 10.1. The van der Waals surface area contributed by atoms with Crippen molar-refractivity contribution in [1.82, 2.24) is 4.90 Å². The first-order valence-corrected chi connectivity index (χ1v) is 9.98. The summed E-state index contributed by atoms with van der Waals surface area (Å²) in [5.41, 5.74) is 0.913. The molecule has 1 atom stereocenters. The van der Waals surface area contributed by atoms with Gasteiger partial charge >= 0.3 is 5.97 Å². The van der Waals surface area contributed by atoms with Gasteiger partial charge in [-0.1, -0.05) is 12.1 Å². The smallest absolute Gasteiger partial charge is 0.363 e. The lowest BCUT2D eigenvalue weighted by Crippen LogP contribution is -2.35. The number of hydrogen-bond acceptors (Lipinski definition) is 7. The van der Waals surface area contributed by atoms with E-state index in [1.807, 2.05) is 24.4 Å². The van der Waals surface area contributed by atoms with Gasteiger partial charge in [-0.15, -0.1) is 11.3 Å². The van der Waals surface area contributed by atoms with Crippen molar-refractivity contribution in [2.75, 3.05) is 20.7 Å². The summed E-state index contributed by atoms with van der Waals surface area (Å²) in [6, 6.07) is 8.93. The number of cyclic esters (lactones) is 1. The monoisotopic (exact) mass is 414 g/mol. The summed E-state index contributed by atoms with van der Waals surface area (Å²) in [5, 5.41) is 1.89. The van der Waals surface area contributed by atoms with Crippen LogP contribution in [-0.4, -0.2) is 49.5 Å². The maximum atomic E-state index is 12.1. The summed E-state index contributed by atoms with van der Waals surface area (Å²) >= 11 is 1.45. The Morgan fingerprint density at radius 1 is 1.31 bits per heavy atom. The van der Waals surface area contributed by atoms with Crippen molar-refractivity contribution in [2.24, 2.45) is 4.99 Å². The zero-order chi connectivity index (χ0) is 21.0. The van der Waals surface area contributed by atoms with Crippen LogP contribution in [0, 0.1) is 0 Å². The fourth-order valence-electron chi connectivity index (χ4n) is 2.66. The first-order chi connectivity index (χ1) is 13.9. The molecule has 0 saturated heterocycles. The molecule has 0 bridgehead atoms. The van der Waals surface area contributed by atoms with Crippen LogP contribution in [0.1, 0.15) is 24.3 Å². The predicted molar refractivity (Wildman–Crippen MR) is 111 cm³/mol. The largest absolute Gasteiger partial charge is 0.490 e. The Kier molecular flexibility index (Phi) is 6.33. The number of aliphatic imine (C=N–C) groups is 1. The van der Waals surface area contributed by atoms with Crippen LogP contribution in [0.2, 0.25) is 0 Å². The van der Waals surface area contributed by atoms with E-state index in [0.29, 0.717) is 29.6 Å². The van der Waals surface area contributed by atoms with Gasteiger partial charge < -0.3 is 19.1 Å². The summed E-state index contributed by atoms with van der Waals surface area (Å²) in [7, 11) is 3.35. The number of ether oxygens (including phenoxy) is 3. The zero-order valence-corrected chi connectivity index (χ0v) is 17.5. The number of esters is 1. The molecule has 29 heavy (non-hydrogen) atoms. The van der Waals surface area contributed by atoms with Crippen LogP contribution >= 0.6 is 11.3 Å². The van der Waals surface area contributed by atoms with E-state index < -0.39 is 12.1 Å². The number of amides is 1. The second-order valence-corrected chi connectivity index (χ2v) is 7.39. The Labute approximate surface area is 173 Å². The molecule has 1 aromatic heterocycles. The summed E-state index contributed by atoms with van der Waals surface area (Å²) in [4.78, 5) is 30.8. The zero-order valence-electron chi connectivity index (χ0n) is 16.7. The van der Waals surface area contributed by atoms with Gasteiger partial charge in [-0.2, -0.15) is 0 Å². The van der Waals surface area contributed by atoms with Crippen molar-refractivity contribution in [3.8, 4) is 11.5 Å². The molecule has 0 fully saturated rings. The van der Waals surface area contributed by atoms with Gasteiger partial charge in [-0.3, -0.25) is 4.79 Å². The first-order valence-electron chi connectivity index (χ1n) is 9.10. The Morgan fingerprint density at radius 2 is 2.10 bits per heavy atom. The molecule has 1 aromatic carbocycles. The average molecular weight is 414 g/mol. The minimum atomic E-state index is -0.656. The number of carbonyl (C=O) groups is 2. The molecule has 1 aliphatic rings. The molecule has 1 amide bonds. The van der Waals surface area contributed by atoms with E-state index in [1.54, 1.807) is 45.3 Å². The van der Waals surface area contributed by atoms with Crippen LogP contribution in [0.5, 0.6) is 11.5 Å². The maximum absolute atomic E-state index is 12.1. The molecular formula is C21H22N2O5S. The molecule has 152 valence electrons. The SMILES string of the molecule is CCOc1cc(/C=C2\N=C(c3cccs3)OC2=O)ccc1O[C@H](C)C(=O)N(C)C. The molecule has 7 nitrogen and oxygen atoms in total. The summed E-state index contributed by atoms with van der Waals surface area (Å²) in [6.07, 6.45) is 0.972. The Bertz CT molecular complexity index is 963. The highest BCUT2D eigenvalue weighted by Gasteiger charge is 2.25. The quantitative estimate of drug-likeness (QED) is 0.513. The maximum Gasteiger partial charge on any atom is 0.363 e. The molecule has 0 unspecified atom stereocenters. The molecule has 0 saturated carbocycles. The molecule has 3 rings (SSSR count). The molecule has 2 aromatic rings. The summed E-state index contributed by atoms with van der Waals surface area (Å²) in [5.74, 6) is 0.583. The Morgan fingerprint density at radius 3 is 2.76 bits per heavy atom. The lowest BCUT2D eigenvalue weighted by Gasteiger charge is -2.20. The van der Waals surface area contributed by atoms with Crippen molar-refractivity contribution in [3.63, 3.8) is 0 Å². The van der Waals surface area contributed by atoms with E-state index in [0.717, 1.165) is 4.88 Å². The fraction of sp³-hybridized carbons (Fsp3) is 0.286. The van der Waals surface area contributed by atoms with Crippen LogP contribution in [0.4, 0.5) is 0 Å². The van der Waals surface area contributed by atoms with E-state index in [4.69, 9.17) is 14.2 Å². The van der Waals surface area contributed by atoms with Crippen LogP contribution in [0.25, 0.3) is 6.08 Å². The van der Waals surface area contributed by atoms with Crippen molar-refractivity contribution >= 4 is 35.2 Å². The van der Waals surface area contributed by atoms with Gasteiger partial charge in [-0.25, -0.2) is 9.79 Å². The van der Waals surface area contributed by atoms with Gasteiger partial charge in [-0.05, 0) is 49.1 Å². The Hall–Kier alpha value is -3.13. The second-order valence-electron chi connectivity index (χ2n) is 6.45. The van der Waals surface area contributed by atoms with E-state index in [2.05, 4.69) is 4.99 Å². The fourth-order valence-corrected chi connectivity index (χ4v) is 3.31.